The van der Waals surface area contributed by atoms with Crippen LogP contribution in [-0.2, 0) is 25.5 Å². The number of ketones is 2. The SMILES string of the molecule is COC(=O)C12C(=O)C(C(=O)Cc3ccccn3)NN1C(c1ccccc1)C=CC2c1ccccc1. The van der Waals surface area contributed by atoms with Gasteiger partial charge in [-0.25, -0.2) is 15.2 Å². The van der Waals surface area contributed by atoms with Crippen LogP contribution >= 0.6 is 0 Å². The molecule has 2 aliphatic rings. The van der Waals surface area contributed by atoms with Crippen LogP contribution in [0.25, 0.3) is 0 Å². The van der Waals surface area contributed by atoms with E-state index < -0.39 is 35.3 Å². The van der Waals surface area contributed by atoms with Crippen LogP contribution in [0.15, 0.2) is 97.2 Å². The Balaban J connectivity index is 1.64. The minimum Gasteiger partial charge on any atom is -0.467 e. The lowest BCUT2D eigenvalue weighted by Gasteiger charge is -2.45. The van der Waals surface area contributed by atoms with Crippen molar-refractivity contribution >= 4 is 17.5 Å². The first-order chi connectivity index (χ1) is 17.1. The highest BCUT2D eigenvalue weighted by molar-refractivity contribution is 6.21. The summed E-state index contributed by atoms with van der Waals surface area (Å²) in [5.41, 5.74) is 3.58. The van der Waals surface area contributed by atoms with Crippen LogP contribution in [0.2, 0.25) is 0 Å². The maximum absolute atomic E-state index is 14.2. The third kappa shape index (κ3) is 3.79. The molecular formula is C28H25N3O4. The van der Waals surface area contributed by atoms with Gasteiger partial charge >= 0.3 is 5.97 Å². The maximum atomic E-state index is 14.2. The number of esters is 1. The van der Waals surface area contributed by atoms with E-state index in [0.717, 1.165) is 11.1 Å². The molecule has 7 heteroatoms. The molecule has 4 atom stereocenters. The van der Waals surface area contributed by atoms with Crippen LogP contribution in [0.5, 0.6) is 0 Å². The normalized spacial score (nSPS) is 25.7. The van der Waals surface area contributed by atoms with Gasteiger partial charge in [-0.2, -0.15) is 0 Å². The Labute approximate surface area is 203 Å². The first kappa shape index (κ1) is 22.8. The van der Waals surface area contributed by atoms with Crippen LogP contribution in [0.4, 0.5) is 0 Å². The molecule has 3 aromatic rings. The van der Waals surface area contributed by atoms with Gasteiger partial charge < -0.3 is 4.74 Å². The van der Waals surface area contributed by atoms with Gasteiger partial charge in [-0.1, -0.05) is 78.9 Å². The summed E-state index contributed by atoms with van der Waals surface area (Å²) in [5.74, 6) is -2.24. The minimum absolute atomic E-state index is 0.0330. The minimum atomic E-state index is -1.75. The fourth-order valence-electron chi connectivity index (χ4n) is 5.09. The zero-order valence-electron chi connectivity index (χ0n) is 19.2. The van der Waals surface area contributed by atoms with Crippen molar-refractivity contribution in [3.05, 3.63) is 114 Å². The Morgan fingerprint density at radius 1 is 0.943 bits per heavy atom. The number of methoxy groups -OCH3 is 1. The van der Waals surface area contributed by atoms with E-state index in [1.54, 1.807) is 29.4 Å². The highest BCUT2D eigenvalue weighted by atomic mass is 16.5. The summed E-state index contributed by atoms with van der Waals surface area (Å²) in [6, 6.07) is 22.5. The molecule has 1 fully saturated rings. The van der Waals surface area contributed by atoms with Gasteiger partial charge in [-0.15, -0.1) is 0 Å². The predicted molar refractivity (Wildman–Crippen MR) is 129 cm³/mol. The molecule has 2 aliphatic heterocycles. The molecule has 0 saturated carbocycles. The number of carbonyl (C=O) groups excluding carboxylic acids is 3. The molecule has 0 radical (unpaired) electrons. The quantitative estimate of drug-likeness (QED) is 0.339. The van der Waals surface area contributed by atoms with E-state index in [2.05, 4.69) is 10.4 Å². The standard InChI is InChI=1S/C28H25N3O4/c1-35-27(34)28-22(19-10-4-2-5-11-19)15-16-23(20-12-6-3-7-13-20)31(28)30-25(26(28)33)24(32)18-21-14-8-9-17-29-21/h2-17,22-23,25,30H,18H2,1H3. The highest BCUT2D eigenvalue weighted by Crippen LogP contribution is 2.48. The maximum Gasteiger partial charge on any atom is 0.336 e. The van der Waals surface area contributed by atoms with Gasteiger partial charge in [0.2, 0.25) is 5.54 Å². The van der Waals surface area contributed by atoms with Crippen LogP contribution in [0.1, 0.15) is 28.8 Å². The van der Waals surface area contributed by atoms with E-state index in [0.29, 0.717) is 5.69 Å². The van der Waals surface area contributed by atoms with Crippen LogP contribution < -0.4 is 5.43 Å². The summed E-state index contributed by atoms with van der Waals surface area (Å²) < 4.78 is 5.25. The number of rotatable bonds is 6. The second kappa shape index (κ2) is 9.37. The zero-order chi connectivity index (χ0) is 24.4. The number of hydrazine groups is 1. The molecule has 4 unspecified atom stereocenters. The zero-order valence-corrected chi connectivity index (χ0v) is 19.2. The molecule has 0 bridgehead atoms. The fraction of sp³-hybridized carbons (Fsp3) is 0.214. The molecule has 0 spiro atoms. The van der Waals surface area contributed by atoms with E-state index in [1.165, 1.54) is 7.11 Å². The molecule has 176 valence electrons. The van der Waals surface area contributed by atoms with E-state index in [1.807, 2.05) is 72.8 Å². The number of nitrogens with zero attached hydrogens (tertiary/aromatic N) is 2. The fourth-order valence-corrected chi connectivity index (χ4v) is 5.09. The number of pyridine rings is 1. The summed E-state index contributed by atoms with van der Waals surface area (Å²) in [5, 5.41) is 1.62. The molecule has 2 aromatic carbocycles. The predicted octanol–water partition coefficient (Wildman–Crippen LogP) is 2.96. The number of aromatic nitrogens is 1. The highest BCUT2D eigenvalue weighted by Gasteiger charge is 2.67. The van der Waals surface area contributed by atoms with Gasteiger partial charge in [0.25, 0.3) is 0 Å². The second-order valence-electron chi connectivity index (χ2n) is 8.65. The van der Waals surface area contributed by atoms with Gasteiger partial charge in [0.05, 0.1) is 19.6 Å². The van der Waals surface area contributed by atoms with Crippen molar-refractivity contribution in [2.45, 2.75) is 30.0 Å². The molecule has 0 aliphatic carbocycles. The van der Waals surface area contributed by atoms with Crippen molar-refractivity contribution in [3.63, 3.8) is 0 Å². The number of Topliss-reactive ketones (excluding diaryl/α,β-unsaturated/α-hetero) is 2. The van der Waals surface area contributed by atoms with Crippen molar-refractivity contribution in [1.82, 2.24) is 15.4 Å². The lowest BCUT2D eigenvalue weighted by molar-refractivity contribution is -0.161. The van der Waals surface area contributed by atoms with Crippen molar-refractivity contribution in [2.24, 2.45) is 0 Å². The molecule has 35 heavy (non-hydrogen) atoms. The number of ether oxygens (including phenoxy) is 1. The van der Waals surface area contributed by atoms with Crippen LogP contribution in [-0.4, -0.2) is 46.2 Å². The first-order valence-electron chi connectivity index (χ1n) is 11.5. The third-order valence-corrected chi connectivity index (χ3v) is 6.70. The summed E-state index contributed by atoms with van der Waals surface area (Å²) in [7, 11) is 1.27. The molecule has 3 heterocycles. The van der Waals surface area contributed by atoms with Gasteiger partial charge in [0, 0.05) is 17.8 Å². The lowest BCUT2D eigenvalue weighted by Crippen LogP contribution is -2.63. The molecule has 1 saturated heterocycles. The monoisotopic (exact) mass is 467 g/mol. The van der Waals surface area contributed by atoms with Crippen molar-refractivity contribution < 1.29 is 19.1 Å². The average molecular weight is 468 g/mol. The van der Waals surface area contributed by atoms with Gasteiger partial charge in [-0.05, 0) is 23.3 Å². The number of hydrogen-bond donors (Lipinski definition) is 1. The topological polar surface area (TPSA) is 88.6 Å². The smallest absolute Gasteiger partial charge is 0.336 e. The van der Waals surface area contributed by atoms with Gasteiger partial charge in [0.15, 0.2) is 11.6 Å². The Hall–Kier alpha value is -3.94. The Morgan fingerprint density at radius 3 is 2.23 bits per heavy atom. The lowest BCUT2D eigenvalue weighted by atomic mass is 9.71. The first-order valence-corrected chi connectivity index (χ1v) is 11.5. The molecule has 0 amide bonds. The largest absolute Gasteiger partial charge is 0.467 e. The average Bonchev–Trinajstić information content (AvgIpc) is 3.23. The van der Waals surface area contributed by atoms with E-state index in [-0.39, 0.29) is 12.2 Å². The van der Waals surface area contributed by atoms with Crippen molar-refractivity contribution in [2.75, 3.05) is 7.11 Å². The van der Waals surface area contributed by atoms with Crippen molar-refractivity contribution in [1.29, 1.82) is 0 Å². The number of benzene rings is 2. The Bertz CT molecular complexity index is 1260. The number of carbonyl (C=O) groups is 3. The molecule has 7 nitrogen and oxygen atoms in total. The number of fused-ring (bicyclic) bond motifs is 1. The summed E-state index contributed by atoms with van der Waals surface area (Å²) in [4.78, 5) is 45.4. The third-order valence-electron chi connectivity index (χ3n) is 6.70. The van der Waals surface area contributed by atoms with E-state index >= 15 is 0 Å². The summed E-state index contributed by atoms with van der Waals surface area (Å²) >= 11 is 0. The Morgan fingerprint density at radius 2 is 1.60 bits per heavy atom. The summed E-state index contributed by atoms with van der Waals surface area (Å²) in [6.45, 7) is 0. The molecular weight excluding hydrogens is 442 g/mol. The van der Waals surface area contributed by atoms with Gasteiger partial charge in [-0.3, -0.25) is 14.6 Å². The van der Waals surface area contributed by atoms with Crippen LogP contribution in [0, 0.1) is 0 Å². The Kier molecular flexibility index (Phi) is 6.11. The van der Waals surface area contributed by atoms with E-state index in [4.69, 9.17) is 4.74 Å². The molecule has 5 rings (SSSR count). The van der Waals surface area contributed by atoms with Gasteiger partial charge in [0.1, 0.15) is 6.04 Å². The number of hydrogen-bond acceptors (Lipinski definition) is 7. The van der Waals surface area contributed by atoms with E-state index in [9.17, 15) is 14.4 Å². The van der Waals surface area contributed by atoms with Crippen molar-refractivity contribution in [3.8, 4) is 0 Å². The summed E-state index contributed by atoms with van der Waals surface area (Å²) in [6.07, 6.45) is 5.41. The molecule has 1 N–H and O–H groups in total. The number of nitrogens with one attached hydrogen (secondary N) is 1. The van der Waals surface area contributed by atoms with Crippen LogP contribution in [0.3, 0.4) is 0 Å². The molecule has 1 aromatic heterocycles. The second-order valence-corrected chi connectivity index (χ2v) is 8.65.